The van der Waals surface area contributed by atoms with Crippen LogP contribution < -0.4 is 0 Å². The molecular weight excluding hydrogens is 372 g/mol. The van der Waals surface area contributed by atoms with Crippen LogP contribution in [0.2, 0.25) is 0 Å². The Morgan fingerprint density at radius 3 is 2.57 bits per heavy atom. The molecule has 0 aliphatic rings. The van der Waals surface area contributed by atoms with E-state index in [1.807, 2.05) is 32.0 Å². The standard InChI is InChI=1S/C26H32N2O2/c1-6-8-9-10-20-16-24(29)25(22-15-19(5)11-12-21(22)18(3)4)26(30)23(20)17-28-14-13-27-7-2/h7,11-16,29-30H,2-3,6,8-10,17H2,1,4-5H3/b27-13-,28-14-. The van der Waals surface area contributed by atoms with E-state index in [-0.39, 0.29) is 11.5 Å². The summed E-state index contributed by atoms with van der Waals surface area (Å²) in [7, 11) is 0. The summed E-state index contributed by atoms with van der Waals surface area (Å²) in [4.78, 5) is 8.29. The van der Waals surface area contributed by atoms with Gasteiger partial charge in [0.2, 0.25) is 0 Å². The number of benzene rings is 2. The molecule has 0 saturated heterocycles. The first-order chi connectivity index (χ1) is 14.4. The summed E-state index contributed by atoms with van der Waals surface area (Å²) in [5.74, 6) is 0.153. The second kappa shape index (κ2) is 11.1. The highest BCUT2D eigenvalue weighted by atomic mass is 16.3. The van der Waals surface area contributed by atoms with Crippen molar-refractivity contribution in [2.45, 2.75) is 53.0 Å². The van der Waals surface area contributed by atoms with Crippen molar-refractivity contribution < 1.29 is 10.2 Å². The SMILES string of the molecule is C=C/N=C\C=N/Cc1c(CCCCC)cc(O)c(-c2cc(C)ccc2C(=C)C)c1O. The van der Waals surface area contributed by atoms with Gasteiger partial charge in [0.25, 0.3) is 0 Å². The van der Waals surface area contributed by atoms with Crippen LogP contribution in [0, 0.1) is 6.92 Å². The highest BCUT2D eigenvalue weighted by molar-refractivity contribution is 6.16. The predicted octanol–water partition coefficient (Wildman–Crippen LogP) is 6.62. The summed E-state index contributed by atoms with van der Waals surface area (Å²) in [5.41, 5.74) is 5.67. The van der Waals surface area contributed by atoms with E-state index in [0.29, 0.717) is 12.1 Å². The number of aryl methyl sites for hydroxylation is 2. The first kappa shape index (κ1) is 23.1. The van der Waals surface area contributed by atoms with Gasteiger partial charge in [-0.25, -0.2) is 0 Å². The Hall–Kier alpha value is -3.14. The van der Waals surface area contributed by atoms with Crippen LogP contribution in [0.4, 0.5) is 0 Å². The maximum atomic E-state index is 11.2. The van der Waals surface area contributed by atoms with Crippen molar-refractivity contribution >= 4 is 18.0 Å². The van der Waals surface area contributed by atoms with Crippen molar-refractivity contribution in [1.29, 1.82) is 0 Å². The quantitative estimate of drug-likeness (QED) is 0.345. The lowest BCUT2D eigenvalue weighted by atomic mass is 9.89. The van der Waals surface area contributed by atoms with Crippen LogP contribution in [0.5, 0.6) is 11.5 Å². The van der Waals surface area contributed by atoms with Crippen LogP contribution >= 0.6 is 0 Å². The maximum Gasteiger partial charge on any atom is 0.132 e. The molecule has 0 bridgehead atoms. The molecule has 2 rings (SSSR count). The molecule has 158 valence electrons. The zero-order valence-corrected chi connectivity index (χ0v) is 18.3. The van der Waals surface area contributed by atoms with Gasteiger partial charge in [-0.2, -0.15) is 0 Å². The van der Waals surface area contributed by atoms with Gasteiger partial charge < -0.3 is 10.2 Å². The highest BCUT2D eigenvalue weighted by Gasteiger charge is 2.21. The molecule has 0 aliphatic heterocycles. The molecule has 4 heteroatoms. The zero-order chi connectivity index (χ0) is 22.1. The maximum absolute atomic E-state index is 11.2. The predicted molar refractivity (Wildman–Crippen MR) is 129 cm³/mol. The van der Waals surface area contributed by atoms with E-state index in [2.05, 4.69) is 30.1 Å². The van der Waals surface area contributed by atoms with Crippen LogP contribution in [0.25, 0.3) is 16.7 Å². The van der Waals surface area contributed by atoms with E-state index in [1.165, 1.54) is 6.20 Å². The third-order valence-corrected chi connectivity index (χ3v) is 5.04. The third-order valence-electron chi connectivity index (χ3n) is 5.04. The number of unbranched alkanes of at least 4 members (excludes halogenated alkanes) is 2. The molecule has 0 saturated carbocycles. The number of rotatable bonds is 10. The summed E-state index contributed by atoms with van der Waals surface area (Å²) in [6.07, 6.45) is 8.56. The van der Waals surface area contributed by atoms with E-state index in [9.17, 15) is 10.2 Å². The minimum atomic E-state index is 0.0763. The highest BCUT2D eigenvalue weighted by Crippen LogP contribution is 2.44. The summed E-state index contributed by atoms with van der Waals surface area (Å²) in [5, 5.41) is 22.1. The number of phenols is 2. The number of hydrogen-bond acceptors (Lipinski definition) is 4. The van der Waals surface area contributed by atoms with Gasteiger partial charge in [0.1, 0.15) is 11.5 Å². The van der Waals surface area contributed by atoms with Crippen LogP contribution in [0.1, 0.15) is 55.4 Å². The van der Waals surface area contributed by atoms with E-state index < -0.39 is 0 Å². The van der Waals surface area contributed by atoms with Gasteiger partial charge in [0.15, 0.2) is 0 Å². The molecule has 0 spiro atoms. The molecule has 2 N–H and O–H groups in total. The Balaban J connectivity index is 2.62. The van der Waals surface area contributed by atoms with Gasteiger partial charge in [0.05, 0.1) is 12.1 Å². The van der Waals surface area contributed by atoms with E-state index in [1.54, 1.807) is 18.5 Å². The normalized spacial score (nSPS) is 11.4. The van der Waals surface area contributed by atoms with Crippen LogP contribution in [0.15, 0.2) is 53.6 Å². The lowest BCUT2D eigenvalue weighted by molar-refractivity contribution is 0.448. The molecule has 0 fully saturated rings. The Morgan fingerprint density at radius 1 is 1.13 bits per heavy atom. The fourth-order valence-electron chi connectivity index (χ4n) is 3.51. The first-order valence-electron chi connectivity index (χ1n) is 10.4. The lowest BCUT2D eigenvalue weighted by Crippen LogP contribution is -1.99. The summed E-state index contributed by atoms with van der Waals surface area (Å²) < 4.78 is 0. The van der Waals surface area contributed by atoms with Crippen LogP contribution in [0.3, 0.4) is 0 Å². The second-order valence-corrected chi connectivity index (χ2v) is 7.51. The van der Waals surface area contributed by atoms with E-state index in [4.69, 9.17) is 0 Å². The Labute approximate surface area is 180 Å². The Kier molecular flexibility index (Phi) is 8.60. The summed E-state index contributed by atoms with van der Waals surface area (Å²) >= 11 is 0. The third kappa shape index (κ3) is 5.69. The van der Waals surface area contributed by atoms with Gasteiger partial charge in [-0.3, -0.25) is 9.98 Å². The van der Waals surface area contributed by atoms with Gasteiger partial charge >= 0.3 is 0 Å². The molecule has 0 amide bonds. The van der Waals surface area contributed by atoms with Gasteiger partial charge in [0, 0.05) is 24.2 Å². The smallest absolute Gasteiger partial charge is 0.132 e. The summed E-state index contributed by atoms with van der Waals surface area (Å²) in [6.45, 7) is 14.0. The minimum absolute atomic E-state index is 0.0763. The monoisotopic (exact) mass is 404 g/mol. The number of aliphatic imine (C=N–C) groups is 2. The van der Waals surface area contributed by atoms with Crippen molar-refractivity contribution in [3.63, 3.8) is 0 Å². The average Bonchev–Trinajstić information content (AvgIpc) is 2.69. The molecule has 0 atom stereocenters. The molecule has 0 heterocycles. The lowest BCUT2D eigenvalue weighted by Gasteiger charge is -2.18. The molecule has 30 heavy (non-hydrogen) atoms. The zero-order valence-electron chi connectivity index (χ0n) is 18.3. The van der Waals surface area contributed by atoms with Gasteiger partial charge in [-0.05, 0) is 49.4 Å². The number of allylic oxidation sites excluding steroid dienone is 1. The number of nitrogens with zero attached hydrogens (tertiary/aromatic N) is 2. The van der Waals surface area contributed by atoms with Crippen LogP contribution in [-0.2, 0) is 13.0 Å². The van der Waals surface area contributed by atoms with Crippen LogP contribution in [-0.4, -0.2) is 22.6 Å². The van der Waals surface area contributed by atoms with Gasteiger partial charge in [-0.15, -0.1) is 0 Å². The number of phenolic OH excluding ortho intramolecular Hbond substituents is 2. The summed E-state index contributed by atoms with van der Waals surface area (Å²) in [6, 6.07) is 7.73. The van der Waals surface area contributed by atoms with E-state index in [0.717, 1.165) is 59.1 Å². The average molecular weight is 405 g/mol. The topological polar surface area (TPSA) is 65.2 Å². The van der Waals surface area contributed by atoms with Crippen molar-refractivity contribution in [2.75, 3.05) is 0 Å². The van der Waals surface area contributed by atoms with Gasteiger partial charge in [-0.1, -0.05) is 62.3 Å². The first-order valence-corrected chi connectivity index (χ1v) is 10.4. The Bertz CT molecular complexity index is 971. The molecule has 0 aliphatic carbocycles. The van der Waals surface area contributed by atoms with Crippen molar-refractivity contribution in [3.05, 3.63) is 65.9 Å². The second-order valence-electron chi connectivity index (χ2n) is 7.51. The molecule has 4 nitrogen and oxygen atoms in total. The number of hydrogen-bond donors (Lipinski definition) is 2. The van der Waals surface area contributed by atoms with Crippen molar-refractivity contribution in [3.8, 4) is 22.6 Å². The molecule has 0 aromatic heterocycles. The molecule has 2 aromatic carbocycles. The Morgan fingerprint density at radius 2 is 1.90 bits per heavy atom. The molecule has 2 aromatic rings. The fraction of sp³-hybridized carbons (Fsp3) is 0.308. The molecule has 0 radical (unpaired) electrons. The van der Waals surface area contributed by atoms with E-state index >= 15 is 0 Å². The largest absolute Gasteiger partial charge is 0.507 e. The number of aromatic hydroxyl groups is 2. The fourth-order valence-corrected chi connectivity index (χ4v) is 3.51. The minimum Gasteiger partial charge on any atom is -0.507 e. The molecule has 0 unspecified atom stereocenters. The molecular formula is C26H32N2O2. The van der Waals surface area contributed by atoms with Crippen molar-refractivity contribution in [1.82, 2.24) is 0 Å². The van der Waals surface area contributed by atoms with Crippen molar-refractivity contribution in [2.24, 2.45) is 9.98 Å².